The molecule has 0 amide bonds. The Hall–Kier alpha value is -2.16. The Labute approximate surface area is 92.4 Å². The highest BCUT2D eigenvalue weighted by atomic mass is 16.5. The Morgan fingerprint density at radius 3 is 3.06 bits per heavy atom. The molecule has 2 heterocycles. The lowest BCUT2D eigenvalue weighted by Crippen LogP contribution is -2.05. The van der Waals surface area contributed by atoms with Gasteiger partial charge in [-0.3, -0.25) is 4.79 Å². The number of pyridine rings is 1. The van der Waals surface area contributed by atoms with E-state index in [1.165, 1.54) is 6.26 Å². The Bertz CT molecular complexity index is 602. The molecule has 0 saturated heterocycles. The number of nitrogens with zero attached hydrogens (tertiary/aromatic N) is 1. The van der Waals surface area contributed by atoms with Crippen LogP contribution in [0, 0.1) is 0 Å². The van der Waals surface area contributed by atoms with Crippen LogP contribution in [0.3, 0.4) is 0 Å². The quantitative estimate of drug-likeness (QED) is 0.679. The van der Waals surface area contributed by atoms with E-state index in [0.717, 1.165) is 28.4 Å². The van der Waals surface area contributed by atoms with Crippen LogP contribution in [0.25, 0.3) is 16.5 Å². The molecule has 1 aromatic carbocycles. The molecule has 2 aromatic rings. The Kier molecular flexibility index (Phi) is 1.96. The second kappa shape index (κ2) is 3.45. The van der Waals surface area contributed by atoms with Crippen LogP contribution in [0.15, 0.2) is 36.6 Å². The first-order valence-electron chi connectivity index (χ1n) is 5.04. The Balaban J connectivity index is 2.31. The number of hydrogen-bond acceptors (Lipinski definition) is 3. The van der Waals surface area contributed by atoms with Gasteiger partial charge in [-0.15, -0.1) is 0 Å². The third-order valence-corrected chi connectivity index (χ3v) is 2.67. The van der Waals surface area contributed by atoms with Crippen molar-refractivity contribution in [3.63, 3.8) is 0 Å². The largest absolute Gasteiger partial charge is 0.494 e. The summed E-state index contributed by atoms with van der Waals surface area (Å²) >= 11 is 0. The van der Waals surface area contributed by atoms with Gasteiger partial charge in [0.2, 0.25) is 0 Å². The zero-order valence-electron chi connectivity index (χ0n) is 8.51. The fourth-order valence-electron chi connectivity index (χ4n) is 1.88. The summed E-state index contributed by atoms with van der Waals surface area (Å²) in [6.07, 6.45) is 2.29. The fourth-order valence-corrected chi connectivity index (χ4v) is 1.88. The van der Waals surface area contributed by atoms with Gasteiger partial charge in [0.05, 0.1) is 23.0 Å². The SMILES string of the molecule is O=CC1=COCc2nc3ccccc3cc21. The molecule has 1 aromatic heterocycles. The van der Waals surface area contributed by atoms with Gasteiger partial charge in [0.15, 0.2) is 6.29 Å². The zero-order valence-corrected chi connectivity index (χ0v) is 8.51. The maximum atomic E-state index is 10.9. The summed E-state index contributed by atoms with van der Waals surface area (Å²) in [6, 6.07) is 9.83. The van der Waals surface area contributed by atoms with E-state index in [0.29, 0.717) is 12.2 Å². The molecule has 0 saturated carbocycles. The van der Waals surface area contributed by atoms with E-state index in [4.69, 9.17) is 4.74 Å². The highest BCUT2D eigenvalue weighted by Gasteiger charge is 2.15. The topological polar surface area (TPSA) is 39.2 Å². The smallest absolute Gasteiger partial charge is 0.153 e. The number of aldehydes is 1. The highest BCUT2D eigenvalue weighted by molar-refractivity contribution is 6.08. The lowest BCUT2D eigenvalue weighted by Gasteiger charge is -2.14. The van der Waals surface area contributed by atoms with Crippen molar-refractivity contribution in [1.82, 2.24) is 4.98 Å². The van der Waals surface area contributed by atoms with Crippen LogP contribution in [0.4, 0.5) is 0 Å². The molecule has 1 aliphatic rings. The third kappa shape index (κ3) is 1.29. The van der Waals surface area contributed by atoms with E-state index in [1.807, 2.05) is 30.3 Å². The average molecular weight is 211 g/mol. The van der Waals surface area contributed by atoms with E-state index in [-0.39, 0.29) is 0 Å². The molecule has 0 N–H and O–H groups in total. The van der Waals surface area contributed by atoms with Gasteiger partial charge in [-0.05, 0) is 12.1 Å². The summed E-state index contributed by atoms with van der Waals surface area (Å²) in [7, 11) is 0. The first-order chi connectivity index (χ1) is 7.88. The van der Waals surface area contributed by atoms with Gasteiger partial charge < -0.3 is 4.74 Å². The van der Waals surface area contributed by atoms with E-state index >= 15 is 0 Å². The molecule has 0 bridgehead atoms. The number of para-hydroxylation sites is 1. The molecule has 1 aliphatic heterocycles. The van der Waals surface area contributed by atoms with E-state index < -0.39 is 0 Å². The molecular formula is C13H9NO2. The molecule has 0 spiro atoms. The van der Waals surface area contributed by atoms with Gasteiger partial charge in [0.25, 0.3) is 0 Å². The van der Waals surface area contributed by atoms with Crippen LogP contribution < -0.4 is 0 Å². The monoisotopic (exact) mass is 211 g/mol. The van der Waals surface area contributed by atoms with Crippen molar-refractivity contribution in [1.29, 1.82) is 0 Å². The maximum Gasteiger partial charge on any atom is 0.153 e. The number of benzene rings is 1. The van der Waals surface area contributed by atoms with Crippen molar-refractivity contribution in [2.75, 3.05) is 0 Å². The number of carbonyl (C=O) groups excluding carboxylic acids is 1. The van der Waals surface area contributed by atoms with Gasteiger partial charge in [0, 0.05) is 10.9 Å². The molecule has 0 aliphatic carbocycles. The van der Waals surface area contributed by atoms with Crippen molar-refractivity contribution in [2.24, 2.45) is 0 Å². The normalized spacial score (nSPS) is 13.9. The number of fused-ring (bicyclic) bond motifs is 2. The van der Waals surface area contributed by atoms with E-state index in [1.54, 1.807) is 0 Å². The standard InChI is InChI=1S/C13H9NO2/c15-6-10-7-16-8-13-11(10)5-9-3-1-2-4-12(9)14-13/h1-7H,8H2. The van der Waals surface area contributed by atoms with Crippen molar-refractivity contribution < 1.29 is 9.53 Å². The second-order valence-electron chi connectivity index (χ2n) is 3.68. The van der Waals surface area contributed by atoms with Crippen molar-refractivity contribution in [3.8, 4) is 0 Å². The molecule has 0 atom stereocenters. The van der Waals surface area contributed by atoms with Gasteiger partial charge >= 0.3 is 0 Å². The number of aromatic nitrogens is 1. The summed E-state index contributed by atoms with van der Waals surface area (Å²) < 4.78 is 5.19. The average Bonchev–Trinajstić information content (AvgIpc) is 2.35. The molecule has 0 fully saturated rings. The lowest BCUT2D eigenvalue weighted by molar-refractivity contribution is -0.103. The maximum absolute atomic E-state index is 10.9. The zero-order chi connectivity index (χ0) is 11.0. The minimum Gasteiger partial charge on any atom is -0.494 e. The fraction of sp³-hybridized carbons (Fsp3) is 0.0769. The second-order valence-corrected chi connectivity index (χ2v) is 3.68. The molecule has 3 heteroatoms. The summed E-state index contributed by atoms with van der Waals surface area (Å²) in [5.74, 6) is 0. The van der Waals surface area contributed by atoms with Gasteiger partial charge in [-0.1, -0.05) is 18.2 Å². The van der Waals surface area contributed by atoms with Crippen LogP contribution in [-0.2, 0) is 16.1 Å². The van der Waals surface area contributed by atoms with Gasteiger partial charge in [-0.2, -0.15) is 0 Å². The van der Waals surface area contributed by atoms with E-state index in [9.17, 15) is 4.79 Å². The molecule has 16 heavy (non-hydrogen) atoms. The number of allylic oxidation sites excluding steroid dienone is 1. The third-order valence-electron chi connectivity index (χ3n) is 2.67. The van der Waals surface area contributed by atoms with Crippen LogP contribution in [-0.4, -0.2) is 11.3 Å². The highest BCUT2D eigenvalue weighted by Crippen LogP contribution is 2.25. The Morgan fingerprint density at radius 1 is 1.31 bits per heavy atom. The van der Waals surface area contributed by atoms with Gasteiger partial charge in [0.1, 0.15) is 6.61 Å². The summed E-state index contributed by atoms with van der Waals surface area (Å²) in [4.78, 5) is 15.4. The lowest BCUT2D eigenvalue weighted by atomic mass is 10.0. The minimum absolute atomic E-state index is 0.428. The molecule has 3 nitrogen and oxygen atoms in total. The number of ether oxygens (including phenoxy) is 1. The van der Waals surface area contributed by atoms with E-state index in [2.05, 4.69) is 4.98 Å². The molecule has 78 valence electrons. The number of hydrogen-bond donors (Lipinski definition) is 0. The minimum atomic E-state index is 0.428. The number of carbonyl (C=O) groups is 1. The first-order valence-corrected chi connectivity index (χ1v) is 5.04. The van der Waals surface area contributed by atoms with Crippen LogP contribution in [0.2, 0.25) is 0 Å². The van der Waals surface area contributed by atoms with Crippen LogP contribution >= 0.6 is 0 Å². The van der Waals surface area contributed by atoms with Crippen molar-refractivity contribution in [3.05, 3.63) is 47.9 Å². The Morgan fingerprint density at radius 2 is 2.19 bits per heavy atom. The first kappa shape index (κ1) is 9.09. The van der Waals surface area contributed by atoms with Crippen LogP contribution in [0.5, 0.6) is 0 Å². The summed E-state index contributed by atoms with van der Waals surface area (Å²) in [5.41, 5.74) is 3.18. The summed E-state index contributed by atoms with van der Waals surface area (Å²) in [6.45, 7) is 0.428. The molecule has 0 unspecified atom stereocenters. The van der Waals surface area contributed by atoms with Crippen molar-refractivity contribution in [2.45, 2.75) is 6.61 Å². The molecule has 3 rings (SSSR count). The molecule has 0 radical (unpaired) electrons. The summed E-state index contributed by atoms with van der Waals surface area (Å²) in [5, 5.41) is 1.04. The van der Waals surface area contributed by atoms with Crippen LogP contribution in [0.1, 0.15) is 11.3 Å². The van der Waals surface area contributed by atoms with Crippen molar-refractivity contribution >= 4 is 22.8 Å². The number of rotatable bonds is 1. The predicted molar refractivity (Wildman–Crippen MR) is 60.6 cm³/mol. The van der Waals surface area contributed by atoms with Gasteiger partial charge in [-0.25, -0.2) is 4.98 Å². The molecular weight excluding hydrogens is 202 g/mol. The predicted octanol–water partition coefficient (Wildman–Crippen LogP) is 2.30.